The molecule has 1 unspecified atom stereocenters. The Kier molecular flexibility index (Phi) is 7.34. The van der Waals surface area contributed by atoms with Gasteiger partial charge in [-0.25, -0.2) is 0 Å². The molecule has 0 spiro atoms. The first-order valence-electron chi connectivity index (χ1n) is 8.97. The van der Waals surface area contributed by atoms with Gasteiger partial charge >= 0.3 is 0 Å². The molecule has 0 saturated carbocycles. The molecular formula is C21H27NO5. The first-order valence-corrected chi connectivity index (χ1v) is 8.97. The maximum absolute atomic E-state index is 12.8. The number of phenols is 1. The summed E-state index contributed by atoms with van der Waals surface area (Å²) in [6.07, 6.45) is 1.56. The van der Waals surface area contributed by atoms with Crippen molar-refractivity contribution in [2.75, 3.05) is 19.5 Å². The van der Waals surface area contributed by atoms with Gasteiger partial charge in [-0.3, -0.25) is 4.79 Å². The number of methoxy groups -OCH3 is 2. The molecule has 0 aliphatic rings. The molecule has 0 saturated heterocycles. The van der Waals surface area contributed by atoms with Crippen LogP contribution in [-0.2, 0) is 4.79 Å². The number of anilines is 1. The number of carbonyl (C=O) groups is 1. The molecule has 146 valence electrons. The van der Waals surface area contributed by atoms with Gasteiger partial charge in [0.1, 0.15) is 11.5 Å². The molecule has 2 N–H and O–H groups in total. The van der Waals surface area contributed by atoms with E-state index in [0.29, 0.717) is 29.4 Å². The van der Waals surface area contributed by atoms with Crippen LogP contribution < -0.4 is 19.5 Å². The van der Waals surface area contributed by atoms with Gasteiger partial charge in [0.2, 0.25) is 0 Å². The number of unbranched alkanes of at least 4 members (excludes halogenated alkanes) is 1. The van der Waals surface area contributed by atoms with Crippen LogP contribution in [0.1, 0.15) is 31.7 Å². The quantitative estimate of drug-likeness (QED) is 0.641. The van der Waals surface area contributed by atoms with E-state index < -0.39 is 6.10 Å². The van der Waals surface area contributed by atoms with Crippen LogP contribution in [-0.4, -0.2) is 31.3 Å². The number of carbonyl (C=O) groups excluding carboxylic acids is 1. The summed E-state index contributed by atoms with van der Waals surface area (Å²) in [5, 5.41) is 12.8. The molecule has 0 heterocycles. The molecule has 0 aliphatic heterocycles. The average Bonchev–Trinajstić information content (AvgIpc) is 2.67. The van der Waals surface area contributed by atoms with Gasteiger partial charge in [0.25, 0.3) is 5.91 Å². The molecule has 0 aromatic heterocycles. The second-order valence-electron chi connectivity index (χ2n) is 6.28. The lowest BCUT2D eigenvalue weighted by Crippen LogP contribution is -2.33. The number of ether oxygens (including phenoxy) is 3. The van der Waals surface area contributed by atoms with E-state index in [1.165, 1.54) is 0 Å². The number of amides is 1. The van der Waals surface area contributed by atoms with Crippen LogP contribution in [0.2, 0.25) is 0 Å². The van der Waals surface area contributed by atoms with Gasteiger partial charge in [-0.2, -0.15) is 0 Å². The second-order valence-corrected chi connectivity index (χ2v) is 6.28. The normalized spacial score (nSPS) is 11.6. The first kappa shape index (κ1) is 20.4. The Balaban J connectivity index is 2.24. The molecule has 0 fully saturated rings. The summed E-state index contributed by atoms with van der Waals surface area (Å²) in [7, 11) is 3.11. The third kappa shape index (κ3) is 5.54. The number of hydrogen-bond donors (Lipinski definition) is 2. The van der Waals surface area contributed by atoms with Crippen LogP contribution in [0.3, 0.4) is 0 Å². The zero-order chi connectivity index (χ0) is 19.8. The molecule has 2 aromatic rings. The molecule has 6 heteroatoms. The molecule has 0 bridgehead atoms. The Bertz CT molecular complexity index is 775. The minimum Gasteiger partial charge on any atom is -0.506 e. The van der Waals surface area contributed by atoms with Crippen LogP contribution in [0.5, 0.6) is 23.0 Å². The van der Waals surface area contributed by atoms with Crippen LogP contribution in [0.15, 0.2) is 36.4 Å². The summed E-state index contributed by atoms with van der Waals surface area (Å²) in [5.74, 6) is 1.25. The number of benzene rings is 2. The number of aryl methyl sites for hydroxylation is 1. The second kappa shape index (κ2) is 9.71. The predicted molar refractivity (Wildman–Crippen MR) is 105 cm³/mol. The van der Waals surface area contributed by atoms with E-state index in [1.54, 1.807) is 50.6 Å². The fourth-order valence-corrected chi connectivity index (χ4v) is 2.63. The highest BCUT2D eigenvalue weighted by atomic mass is 16.5. The average molecular weight is 373 g/mol. The van der Waals surface area contributed by atoms with E-state index in [-0.39, 0.29) is 11.7 Å². The number of aromatic hydroxyl groups is 1. The Morgan fingerprint density at radius 2 is 1.89 bits per heavy atom. The van der Waals surface area contributed by atoms with Crippen molar-refractivity contribution in [3.8, 4) is 23.0 Å². The van der Waals surface area contributed by atoms with Gasteiger partial charge in [0.15, 0.2) is 17.6 Å². The highest BCUT2D eigenvalue weighted by Gasteiger charge is 2.23. The third-order valence-electron chi connectivity index (χ3n) is 4.16. The molecule has 0 aliphatic carbocycles. The van der Waals surface area contributed by atoms with E-state index in [2.05, 4.69) is 5.32 Å². The van der Waals surface area contributed by atoms with E-state index in [4.69, 9.17) is 14.2 Å². The minimum absolute atomic E-state index is 0.0159. The van der Waals surface area contributed by atoms with Gasteiger partial charge in [-0.15, -0.1) is 0 Å². The van der Waals surface area contributed by atoms with Crippen LogP contribution >= 0.6 is 0 Å². The summed E-state index contributed by atoms with van der Waals surface area (Å²) in [6.45, 7) is 3.94. The van der Waals surface area contributed by atoms with Crippen molar-refractivity contribution < 1.29 is 24.1 Å². The van der Waals surface area contributed by atoms with Crippen LogP contribution in [0.25, 0.3) is 0 Å². The van der Waals surface area contributed by atoms with Crippen LogP contribution in [0, 0.1) is 6.92 Å². The molecule has 0 radical (unpaired) electrons. The lowest BCUT2D eigenvalue weighted by Gasteiger charge is -2.21. The van der Waals surface area contributed by atoms with E-state index in [1.807, 2.05) is 13.8 Å². The zero-order valence-corrected chi connectivity index (χ0v) is 16.2. The maximum atomic E-state index is 12.8. The number of nitrogens with one attached hydrogen (secondary N) is 1. The zero-order valence-electron chi connectivity index (χ0n) is 16.2. The highest BCUT2D eigenvalue weighted by molar-refractivity contribution is 5.95. The number of hydrogen-bond acceptors (Lipinski definition) is 5. The van der Waals surface area contributed by atoms with Crippen molar-refractivity contribution in [1.29, 1.82) is 0 Å². The van der Waals surface area contributed by atoms with E-state index in [0.717, 1.165) is 18.4 Å². The van der Waals surface area contributed by atoms with Crippen LogP contribution in [0.4, 0.5) is 5.69 Å². The van der Waals surface area contributed by atoms with Crippen molar-refractivity contribution in [2.45, 2.75) is 39.2 Å². The van der Waals surface area contributed by atoms with Crippen molar-refractivity contribution in [1.82, 2.24) is 0 Å². The van der Waals surface area contributed by atoms with Gasteiger partial charge in [0.05, 0.1) is 19.9 Å². The summed E-state index contributed by atoms with van der Waals surface area (Å²) < 4.78 is 16.6. The van der Waals surface area contributed by atoms with Crippen molar-refractivity contribution in [3.05, 3.63) is 42.0 Å². The number of rotatable bonds is 9. The lowest BCUT2D eigenvalue weighted by atomic mass is 10.1. The molecule has 1 atom stereocenters. The van der Waals surface area contributed by atoms with Crippen molar-refractivity contribution in [2.24, 2.45) is 0 Å². The molecule has 1 amide bonds. The van der Waals surface area contributed by atoms with Crippen molar-refractivity contribution >= 4 is 11.6 Å². The maximum Gasteiger partial charge on any atom is 0.265 e. The highest BCUT2D eigenvalue weighted by Crippen LogP contribution is 2.33. The van der Waals surface area contributed by atoms with Gasteiger partial charge in [0, 0.05) is 6.07 Å². The first-order chi connectivity index (χ1) is 13.0. The lowest BCUT2D eigenvalue weighted by molar-refractivity contribution is -0.123. The summed E-state index contributed by atoms with van der Waals surface area (Å²) >= 11 is 0. The summed E-state index contributed by atoms with van der Waals surface area (Å²) in [6, 6.07) is 10.2. The fourth-order valence-electron chi connectivity index (χ4n) is 2.63. The van der Waals surface area contributed by atoms with Gasteiger partial charge in [-0.05, 0) is 49.6 Å². The Hall–Kier alpha value is -2.89. The largest absolute Gasteiger partial charge is 0.506 e. The minimum atomic E-state index is -0.731. The van der Waals surface area contributed by atoms with E-state index in [9.17, 15) is 9.90 Å². The standard InChI is InChI=1S/C21H27NO5/c1-5-6-7-19(21(24)22-16-12-14(2)8-10-17(16)23)27-20-13-15(25-3)9-11-18(20)26-4/h8-13,19,23H,5-7H2,1-4H3,(H,22,24). The summed E-state index contributed by atoms with van der Waals surface area (Å²) in [5.41, 5.74) is 1.30. The third-order valence-corrected chi connectivity index (χ3v) is 4.16. The topological polar surface area (TPSA) is 77.0 Å². The predicted octanol–water partition coefficient (Wildman–Crippen LogP) is 4.29. The fraction of sp³-hybridized carbons (Fsp3) is 0.381. The van der Waals surface area contributed by atoms with E-state index >= 15 is 0 Å². The number of phenolic OH excluding ortho intramolecular Hbond substituents is 1. The van der Waals surface area contributed by atoms with Gasteiger partial charge in [-0.1, -0.05) is 19.4 Å². The Labute approximate surface area is 160 Å². The SMILES string of the molecule is CCCCC(Oc1cc(OC)ccc1OC)C(=O)Nc1cc(C)ccc1O. The molecule has 2 aromatic carbocycles. The molecular weight excluding hydrogens is 346 g/mol. The molecule has 6 nitrogen and oxygen atoms in total. The molecule has 2 rings (SSSR count). The van der Waals surface area contributed by atoms with Gasteiger partial charge < -0.3 is 24.6 Å². The Morgan fingerprint density at radius 1 is 1.11 bits per heavy atom. The smallest absolute Gasteiger partial charge is 0.265 e. The monoisotopic (exact) mass is 373 g/mol. The molecule has 27 heavy (non-hydrogen) atoms. The Morgan fingerprint density at radius 3 is 2.56 bits per heavy atom. The van der Waals surface area contributed by atoms with Crippen molar-refractivity contribution in [3.63, 3.8) is 0 Å². The summed E-state index contributed by atoms with van der Waals surface area (Å²) in [4.78, 5) is 12.8.